The van der Waals surface area contributed by atoms with Gasteiger partial charge in [0.05, 0.1) is 24.8 Å². The molecule has 138 valence electrons. The van der Waals surface area contributed by atoms with Crippen molar-refractivity contribution in [3.05, 3.63) is 51.5 Å². The monoisotopic (exact) mass is 441 g/mol. The summed E-state index contributed by atoms with van der Waals surface area (Å²) in [5, 5.41) is 2.89. The minimum atomic E-state index is -1.03. The molecule has 6 nitrogen and oxygen atoms in total. The molecule has 1 unspecified atom stereocenters. The SMILES string of the molecule is COc1cc(NC(=O)C(C)OC(=O)c2cc(Br)ccc2Cl)cc(OC)c1. The second kappa shape index (κ2) is 8.91. The van der Waals surface area contributed by atoms with Gasteiger partial charge in [0.15, 0.2) is 6.10 Å². The highest BCUT2D eigenvalue weighted by Crippen LogP contribution is 2.26. The number of hydrogen-bond acceptors (Lipinski definition) is 5. The van der Waals surface area contributed by atoms with Gasteiger partial charge in [-0.25, -0.2) is 4.79 Å². The number of methoxy groups -OCH3 is 2. The van der Waals surface area contributed by atoms with Gasteiger partial charge in [0.25, 0.3) is 5.91 Å². The van der Waals surface area contributed by atoms with E-state index in [1.54, 1.807) is 30.3 Å². The molecule has 0 aromatic heterocycles. The van der Waals surface area contributed by atoms with Crippen LogP contribution >= 0.6 is 27.5 Å². The average molecular weight is 443 g/mol. The number of esters is 1. The van der Waals surface area contributed by atoms with Crippen LogP contribution in [0.5, 0.6) is 11.5 Å². The molecule has 0 aliphatic carbocycles. The third-order valence-corrected chi connectivity index (χ3v) is 4.24. The number of benzene rings is 2. The summed E-state index contributed by atoms with van der Waals surface area (Å²) in [6.07, 6.45) is -1.03. The predicted octanol–water partition coefficient (Wildman–Crippen LogP) is 4.30. The predicted molar refractivity (Wildman–Crippen MR) is 102 cm³/mol. The van der Waals surface area contributed by atoms with Gasteiger partial charge in [-0.05, 0) is 25.1 Å². The van der Waals surface area contributed by atoms with Crippen molar-refractivity contribution in [2.45, 2.75) is 13.0 Å². The number of nitrogens with one attached hydrogen (secondary N) is 1. The molecule has 1 N–H and O–H groups in total. The van der Waals surface area contributed by atoms with Crippen molar-refractivity contribution in [2.24, 2.45) is 0 Å². The number of rotatable bonds is 6. The summed E-state index contributed by atoms with van der Waals surface area (Å²) in [4.78, 5) is 24.6. The van der Waals surface area contributed by atoms with Crippen LogP contribution in [0.3, 0.4) is 0 Å². The molecule has 1 atom stereocenters. The number of hydrogen-bond donors (Lipinski definition) is 1. The molecule has 2 aromatic rings. The van der Waals surface area contributed by atoms with E-state index >= 15 is 0 Å². The number of halogens is 2. The van der Waals surface area contributed by atoms with Gasteiger partial charge in [0, 0.05) is 28.4 Å². The maximum Gasteiger partial charge on any atom is 0.340 e. The Morgan fingerprint density at radius 2 is 1.69 bits per heavy atom. The molecular weight excluding hydrogens is 426 g/mol. The molecular formula is C18H17BrClNO5. The van der Waals surface area contributed by atoms with Gasteiger partial charge >= 0.3 is 5.97 Å². The summed E-state index contributed by atoms with van der Waals surface area (Å²) in [5.41, 5.74) is 0.623. The molecule has 0 bridgehead atoms. The van der Waals surface area contributed by atoms with Crippen molar-refractivity contribution in [1.29, 1.82) is 0 Å². The molecule has 1 amide bonds. The Bertz CT molecular complexity index is 805. The van der Waals surface area contributed by atoms with Gasteiger partial charge in [-0.1, -0.05) is 27.5 Å². The number of ether oxygens (including phenoxy) is 3. The van der Waals surface area contributed by atoms with Crippen LogP contribution in [0.15, 0.2) is 40.9 Å². The third-order valence-electron chi connectivity index (χ3n) is 3.42. The fraction of sp³-hybridized carbons (Fsp3) is 0.222. The Morgan fingerprint density at radius 1 is 1.08 bits per heavy atom. The molecule has 0 radical (unpaired) electrons. The summed E-state index contributed by atoms with van der Waals surface area (Å²) in [7, 11) is 3.01. The molecule has 0 heterocycles. The van der Waals surface area contributed by atoms with Crippen molar-refractivity contribution in [1.82, 2.24) is 0 Å². The zero-order chi connectivity index (χ0) is 19.3. The van der Waals surface area contributed by atoms with Gasteiger partial charge in [-0.2, -0.15) is 0 Å². The second-order valence-corrected chi connectivity index (χ2v) is 6.59. The first kappa shape index (κ1) is 20.1. The molecule has 0 spiro atoms. The lowest BCUT2D eigenvalue weighted by Gasteiger charge is -2.15. The molecule has 0 saturated heterocycles. The van der Waals surface area contributed by atoms with Gasteiger partial charge in [0.2, 0.25) is 0 Å². The van der Waals surface area contributed by atoms with E-state index in [0.717, 1.165) is 0 Å². The van der Waals surface area contributed by atoms with Crippen LogP contribution in [0.1, 0.15) is 17.3 Å². The van der Waals surface area contributed by atoms with Crippen LogP contribution in [-0.2, 0) is 9.53 Å². The van der Waals surface area contributed by atoms with Crippen LogP contribution in [-0.4, -0.2) is 32.2 Å². The number of amides is 1. The van der Waals surface area contributed by atoms with Crippen LogP contribution in [0.25, 0.3) is 0 Å². The van der Waals surface area contributed by atoms with Crippen molar-refractivity contribution in [3.63, 3.8) is 0 Å². The highest BCUT2D eigenvalue weighted by Gasteiger charge is 2.21. The Morgan fingerprint density at radius 3 is 2.27 bits per heavy atom. The number of anilines is 1. The topological polar surface area (TPSA) is 73.9 Å². The van der Waals surface area contributed by atoms with E-state index in [0.29, 0.717) is 21.7 Å². The minimum Gasteiger partial charge on any atom is -0.497 e. The van der Waals surface area contributed by atoms with Crippen LogP contribution in [0.2, 0.25) is 5.02 Å². The average Bonchev–Trinajstić information content (AvgIpc) is 2.62. The van der Waals surface area contributed by atoms with E-state index in [2.05, 4.69) is 21.2 Å². The van der Waals surface area contributed by atoms with Crippen molar-refractivity contribution < 1.29 is 23.8 Å². The summed E-state index contributed by atoms with van der Waals surface area (Å²) in [6, 6.07) is 9.72. The van der Waals surface area contributed by atoms with Gasteiger partial charge in [0.1, 0.15) is 11.5 Å². The summed E-state index contributed by atoms with van der Waals surface area (Å²) in [6.45, 7) is 1.47. The first-order valence-corrected chi connectivity index (χ1v) is 8.71. The van der Waals surface area contributed by atoms with Crippen molar-refractivity contribution in [3.8, 4) is 11.5 Å². The molecule has 0 aliphatic rings. The van der Waals surface area contributed by atoms with E-state index in [1.807, 2.05) is 0 Å². The molecule has 26 heavy (non-hydrogen) atoms. The van der Waals surface area contributed by atoms with E-state index in [-0.39, 0.29) is 10.6 Å². The molecule has 0 saturated carbocycles. The van der Waals surface area contributed by atoms with Crippen molar-refractivity contribution >= 4 is 45.1 Å². The third kappa shape index (κ3) is 5.12. The van der Waals surface area contributed by atoms with Gasteiger partial charge < -0.3 is 19.5 Å². The Labute approximate surface area is 164 Å². The maximum atomic E-state index is 12.3. The normalized spacial score (nSPS) is 11.4. The fourth-order valence-corrected chi connectivity index (χ4v) is 2.61. The quantitative estimate of drug-likeness (QED) is 0.675. The molecule has 8 heteroatoms. The van der Waals surface area contributed by atoms with Crippen LogP contribution < -0.4 is 14.8 Å². The standard InChI is InChI=1S/C18H17BrClNO5/c1-10(26-18(23)15-6-11(19)4-5-16(15)20)17(22)21-12-7-13(24-2)9-14(8-12)25-3/h4-10H,1-3H3,(H,21,22). The lowest BCUT2D eigenvalue weighted by molar-refractivity contribution is -0.123. The van der Waals surface area contributed by atoms with Crippen LogP contribution in [0.4, 0.5) is 5.69 Å². The molecule has 2 rings (SSSR count). The molecule has 0 aliphatic heterocycles. The summed E-state index contributed by atoms with van der Waals surface area (Å²) >= 11 is 9.26. The lowest BCUT2D eigenvalue weighted by Crippen LogP contribution is -2.30. The minimum absolute atomic E-state index is 0.170. The second-order valence-electron chi connectivity index (χ2n) is 5.26. The Balaban J connectivity index is 2.08. The highest BCUT2D eigenvalue weighted by molar-refractivity contribution is 9.10. The summed E-state index contributed by atoms with van der Waals surface area (Å²) < 4.78 is 16.2. The largest absolute Gasteiger partial charge is 0.497 e. The number of carbonyl (C=O) groups is 2. The first-order valence-electron chi connectivity index (χ1n) is 7.54. The maximum absolute atomic E-state index is 12.3. The number of carbonyl (C=O) groups excluding carboxylic acids is 2. The first-order chi connectivity index (χ1) is 12.3. The van der Waals surface area contributed by atoms with E-state index < -0.39 is 18.0 Å². The lowest BCUT2D eigenvalue weighted by atomic mass is 10.2. The van der Waals surface area contributed by atoms with E-state index in [4.69, 9.17) is 25.8 Å². The summed E-state index contributed by atoms with van der Waals surface area (Å²) in [5.74, 6) is -0.155. The zero-order valence-electron chi connectivity index (χ0n) is 14.3. The Hall–Kier alpha value is -2.25. The van der Waals surface area contributed by atoms with E-state index in [9.17, 15) is 9.59 Å². The Kier molecular flexibility index (Phi) is 6.88. The zero-order valence-corrected chi connectivity index (χ0v) is 16.7. The van der Waals surface area contributed by atoms with Gasteiger partial charge in [-0.3, -0.25) is 4.79 Å². The fourth-order valence-electron chi connectivity index (χ4n) is 2.05. The van der Waals surface area contributed by atoms with Crippen molar-refractivity contribution in [2.75, 3.05) is 19.5 Å². The molecule has 0 fully saturated rings. The van der Waals surface area contributed by atoms with E-state index in [1.165, 1.54) is 27.2 Å². The van der Waals surface area contributed by atoms with Gasteiger partial charge in [-0.15, -0.1) is 0 Å². The smallest absolute Gasteiger partial charge is 0.340 e. The molecule has 2 aromatic carbocycles. The van der Waals surface area contributed by atoms with Crippen LogP contribution in [0, 0.1) is 0 Å². The highest BCUT2D eigenvalue weighted by atomic mass is 79.9.